The Balaban J connectivity index is 3.31. The molecule has 0 spiro atoms. The molecule has 0 fully saturated rings. The van der Waals surface area contributed by atoms with Gasteiger partial charge in [0.1, 0.15) is 0 Å². The molecule has 4 atom stereocenters. The van der Waals surface area contributed by atoms with Gasteiger partial charge in [0, 0.05) is 0 Å². The van der Waals surface area contributed by atoms with Crippen molar-refractivity contribution in [2.24, 2.45) is 0 Å². The number of hydrogen-bond donors (Lipinski definition) is 0. The van der Waals surface area contributed by atoms with Crippen molar-refractivity contribution in [3.63, 3.8) is 0 Å². The summed E-state index contributed by atoms with van der Waals surface area (Å²) in [6.45, 7) is 6.91. The third kappa shape index (κ3) is 4.64. The van der Waals surface area contributed by atoms with Crippen LogP contribution in [0.4, 0.5) is 0 Å². The van der Waals surface area contributed by atoms with Crippen LogP contribution in [-0.2, 0) is 0 Å². The highest BCUT2D eigenvalue weighted by Gasteiger charge is 2.08. The molecule has 2 heteroatoms. The first-order valence-electron chi connectivity index (χ1n) is 4.15. The average molecular weight is 178 g/mol. The third-order valence-corrected chi connectivity index (χ3v) is 4.62. The Morgan fingerprint density at radius 1 is 1.50 bits per heavy atom. The lowest BCUT2D eigenvalue weighted by atomic mass is 10.1. The number of rotatable bonds is 5. The normalized spacial score (nSPS) is 18.0. The molecular formula is C8H20P2. The maximum atomic E-state index is 2.97. The Hall–Kier alpha value is 0.860. The molecule has 0 saturated carbocycles. The SMILES string of the molecule is CCCCC(P)C(C)PC. The Morgan fingerprint density at radius 3 is 2.50 bits per heavy atom. The lowest BCUT2D eigenvalue weighted by Gasteiger charge is -2.16. The maximum absolute atomic E-state index is 2.97. The molecule has 62 valence electrons. The van der Waals surface area contributed by atoms with Crippen molar-refractivity contribution < 1.29 is 0 Å². The summed E-state index contributed by atoms with van der Waals surface area (Å²) in [5, 5.41) is 0. The second kappa shape index (κ2) is 6.56. The van der Waals surface area contributed by atoms with Gasteiger partial charge in [0.25, 0.3) is 0 Å². The predicted octanol–water partition coefficient (Wildman–Crippen LogP) is 3.12. The van der Waals surface area contributed by atoms with Gasteiger partial charge in [-0.15, -0.1) is 17.8 Å². The van der Waals surface area contributed by atoms with Crippen LogP contribution in [0.15, 0.2) is 0 Å². The van der Waals surface area contributed by atoms with Crippen molar-refractivity contribution >= 4 is 17.8 Å². The first-order valence-corrected chi connectivity index (χ1v) is 6.39. The maximum Gasteiger partial charge on any atom is -0.0202 e. The molecule has 0 amide bonds. The van der Waals surface area contributed by atoms with Crippen LogP contribution >= 0.6 is 17.8 Å². The van der Waals surface area contributed by atoms with E-state index in [0.717, 1.165) is 19.9 Å². The highest BCUT2D eigenvalue weighted by atomic mass is 31.1. The summed E-state index contributed by atoms with van der Waals surface area (Å²) in [7, 11) is 4.08. The van der Waals surface area contributed by atoms with Crippen LogP contribution in [0.2, 0.25) is 0 Å². The molecule has 0 aliphatic heterocycles. The second-order valence-corrected chi connectivity index (χ2v) is 5.23. The molecule has 0 rings (SSSR count). The van der Waals surface area contributed by atoms with Gasteiger partial charge in [-0.05, 0) is 24.4 Å². The molecular weight excluding hydrogens is 158 g/mol. The van der Waals surface area contributed by atoms with Crippen LogP contribution in [0.5, 0.6) is 0 Å². The minimum absolute atomic E-state index is 0.864. The fraction of sp³-hybridized carbons (Fsp3) is 1.00. The molecule has 10 heavy (non-hydrogen) atoms. The zero-order valence-corrected chi connectivity index (χ0v) is 9.51. The van der Waals surface area contributed by atoms with Crippen LogP contribution < -0.4 is 0 Å². The van der Waals surface area contributed by atoms with E-state index in [0.29, 0.717) is 0 Å². The highest BCUT2D eigenvalue weighted by Crippen LogP contribution is 2.26. The molecule has 0 saturated heterocycles. The van der Waals surface area contributed by atoms with Gasteiger partial charge in [-0.25, -0.2) is 0 Å². The van der Waals surface area contributed by atoms with Gasteiger partial charge in [0.15, 0.2) is 0 Å². The van der Waals surface area contributed by atoms with Crippen molar-refractivity contribution in [2.45, 2.75) is 44.4 Å². The molecule has 0 aliphatic carbocycles. The van der Waals surface area contributed by atoms with Gasteiger partial charge >= 0.3 is 0 Å². The molecule has 0 N–H and O–H groups in total. The first kappa shape index (κ1) is 10.9. The van der Waals surface area contributed by atoms with Gasteiger partial charge in [-0.3, -0.25) is 0 Å². The van der Waals surface area contributed by atoms with Gasteiger partial charge in [-0.2, -0.15) is 0 Å². The molecule has 0 aromatic heterocycles. The van der Waals surface area contributed by atoms with E-state index in [2.05, 4.69) is 29.8 Å². The van der Waals surface area contributed by atoms with Crippen LogP contribution in [-0.4, -0.2) is 18.0 Å². The van der Waals surface area contributed by atoms with Gasteiger partial charge in [-0.1, -0.05) is 26.7 Å². The molecule has 4 unspecified atom stereocenters. The molecule has 0 bridgehead atoms. The van der Waals surface area contributed by atoms with Crippen LogP contribution in [0, 0.1) is 0 Å². The topological polar surface area (TPSA) is 0 Å². The van der Waals surface area contributed by atoms with Crippen molar-refractivity contribution in [1.29, 1.82) is 0 Å². The van der Waals surface area contributed by atoms with Crippen molar-refractivity contribution in [3.8, 4) is 0 Å². The largest absolute Gasteiger partial charge is 0.134 e. The van der Waals surface area contributed by atoms with E-state index in [-0.39, 0.29) is 0 Å². The summed E-state index contributed by atoms with van der Waals surface area (Å²) in [6, 6.07) is 0. The van der Waals surface area contributed by atoms with E-state index in [1.807, 2.05) is 0 Å². The monoisotopic (exact) mass is 178 g/mol. The summed E-state index contributed by atoms with van der Waals surface area (Å²) in [4.78, 5) is 0. The summed E-state index contributed by atoms with van der Waals surface area (Å²) < 4.78 is 0. The molecule has 0 nitrogen and oxygen atoms in total. The van der Waals surface area contributed by atoms with Gasteiger partial charge in [0.05, 0.1) is 0 Å². The zero-order chi connectivity index (χ0) is 7.98. The van der Waals surface area contributed by atoms with E-state index in [4.69, 9.17) is 0 Å². The van der Waals surface area contributed by atoms with Crippen molar-refractivity contribution in [3.05, 3.63) is 0 Å². The second-order valence-electron chi connectivity index (χ2n) is 2.88. The molecule has 0 radical (unpaired) electrons. The smallest absolute Gasteiger partial charge is 0.0202 e. The fourth-order valence-corrected chi connectivity index (χ4v) is 2.31. The number of unbranched alkanes of at least 4 members (excludes halogenated alkanes) is 1. The molecule has 0 aromatic carbocycles. The Labute approximate surface area is 69.5 Å². The van der Waals surface area contributed by atoms with Crippen molar-refractivity contribution in [1.82, 2.24) is 0 Å². The lowest BCUT2D eigenvalue weighted by Crippen LogP contribution is -2.10. The third-order valence-electron chi connectivity index (χ3n) is 1.99. The average Bonchev–Trinajstić information content (AvgIpc) is 1.98. The van der Waals surface area contributed by atoms with E-state index >= 15 is 0 Å². The minimum atomic E-state index is 0.864. The van der Waals surface area contributed by atoms with Crippen LogP contribution in [0.25, 0.3) is 0 Å². The standard InChI is InChI=1S/C8H20P2/c1-4-5-6-8(9)7(2)10-3/h7-8,10H,4-6,9H2,1-3H3. The zero-order valence-electron chi connectivity index (χ0n) is 7.35. The van der Waals surface area contributed by atoms with Crippen LogP contribution in [0.3, 0.4) is 0 Å². The minimum Gasteiger partial charge on any atom is -0.134 e. The Morgan fingerprint density at radius 2 is 2.10 bits per heavy atom. The fourth-order valence-electron chi connectivity index (χ4n) is 0.904. The quantitative estimate of drug-likeness (QED) is 0.567. The Bertz CT molecular complexity index is 73.7. The van der Waals surface area contributed by atoms with Gasteiger partial charge < -0.3 is 0 Å². The summed E-state index contributed by atoms with van der Waals surface area (Å²) in [5.74, 6) is 0. The van der Waals surface area contributed by atoms with E-state index in [1.165, 1.54) is 19.3 Å². The molecule has 0 heterocycles. The van der Waals surface area contributed by atoms with Crippen LogP contribution in [0.1, 0.15) is 33.1 Å². The van der Waals surface area contributed by atoms with E-state index in [1.54, 1.807) is 0 Å². The summed E-state index contributed by atoms with van der Waals surface area (Å²) in [5.41, 5.74) is 1.78. The first-order chi connectivity index (χ1) is 4.72. The summed E-state index contributed by atoms with van der Waals surface area (Å²) >= 11 is 0. The highest BCUT2D eigenvalue weighted by molar-refractivity contribution is 7.39. The van der Waals surface area contributed by atoms with Gasteiger partial charge in [0.2, 0.25) is 0 Å². The molecule has 0 aliphatic rings. The summed E-state index contributed by atoms with van der Waals surface area (Å²) in [6.07, 6.45) is 4.12. The number of hydrogen-bond acceptors (Lipinski definition) is 0. The lowest BCUT2D eigenvalue weighted by molar-refractivity contribution is 0.676. The van der Waals surface area contributed by atoms with E-state index in [9.17, 15) is 0 Å². The van der Waals surface area contributed by atoms with Crippen molar-refractivity contribution in [2.75, 3.05) is 6.66 Å². The van der Waals surface area contributed by atoms with E-state index < -0.39 is 0 Å². The molecule has 0 aromatic rings. The Kier molecular flexibility index (Phi) is 7.13. The predicted molar refractivity (Wildman–Crippen MR) is 56.7 cm³/mol.